The minimum atomic E-state index is -0.483. The summed E-state index contributed by atoms with van der Waals surface area (Å²) in [6.45, 7) is 3.63. The number of piperidine rings is 1. The second-order valence-corrected chi connectivity index (χ2v) is 9.52. The van der Waals surface area contributed by atoms with Crippen LogP contribution in [0.2, 0.25) is 0 Å². The van der Waals surface area contributed by atoms with E-state index in [9.17, 15) is 9.59 Å². The molecule has 6 N–H and O–H groups in total. The number of amides is 2. The molecule has 196 valence electrons. The first-order valence-corrected chi connectivity index (χ1v) is 12.5. The highest BCUT2D eigenvalue weighted by Gasteiger charge is 2.27. The summed E-state index contributed by atoms with van der Waals surface area (Å²) in [7, 11) is 0. The highest BCUT2D eigenvalue weighted by atomic mass is 16.5. The van der Waals surface area contributed by atoms with Crippen molar-refractivity contribution in [1.82, 2.24) is 32.2 Å². The van der Waals surface area contributed by atoms with E-state index in [1.165, 1.54) is 30.7 Å². The van der Waals surface area contributed by atoms with Gasteiger partial charge >= 0.3 is 0 Å². The molecule has 2 fully saturated rings. The summed E-state index contributed by atoms with van der Waals surface area (Å²) >= 11 is 0. The van der Waals surface area contributed by atoms with Crippen LogP contribution in [0.5, 0.6) is 5.75 Å². The van der Waals surface area contributed by atoms with E-state index < -0.39 is 6.10 Å². The van der Waals surface area contributed by atoms with Crippen LogP contribution in [0.3, 0.4) is 0 Å². The molecule has 1 aromatic carbocycles. The van der Waals surface area contributed by atoms with E-state index in [1.54, 1.807) is 18.3 Å². The molecule has 10 nitrogen and oxygen atoms in total. The van der Waals surface area contributed by atoms with Crippen molar-refractivity contribution in [1.29, 1.82) is 0 Å². The highest BCUT2D eigenvalue weighted by Crippen LogP contribution is 2.40. The molecular weight excluding hydrogens is 472 g/mol. The molecular formula is C27H34N6O4. The monoisotopic (exact) mass is 506 g/mol. The molecule has 1 saturated carbocycles. The van der Waals surface area contributed by atoms with E-state index in [4.69, 9.17) is 9.26 Å². The zero-order valence-electron chi connectivity index (χ0n) is 21.0. The number of carbonyl (C=O) groups is 2. The zero-order valence-corrected chi connectivity index (χ0v) is 21.0. The van der Waals surface area contributed by atoms with Crippen LogP contribution in [0.1, 0.15) is 76.7 Å². The molecule has 0 radical (unpaired) electrons. The molecule has 10 heteroatoms. The van der Waals surface area contributed by atoms with Crippen molar-refractivity contribution < 1.29 is 18.8 Å². The zero-order chi connectivity index (χ0) is 24.9. The largest absolute Gasteiger partial charge is 0.482 e. The maximum absolute atomic E-state index is 12.6. The first-order valence-electron chi connectivity index (χ1n) is 12.5. The van der Waals surface area contributed by atoms with Gasteiger partial charge in [-0.25, -0.2) is 4.98 Å². The number of hydrogen-bond acceptors (Lipinski definition) is 8. The average molecular weight is 507 g/mol. The molecule has 3 heterocycles. The Labute approximate surface area is 216 Å². The first kappa shape index (κ1) is 26.3. The van der Waals surface area contributed by atoms with E-state index in [0.717, 1.165) is 31.5 Å². The quantitative estimate of drug-likeness (QED) is 0.344. The Balaban J connectivity index is 0.00000320. The first-order chi connectivity index (χ1) is 17.6. The Hall–Kier alpha value is -3.76. The number of nitrogens with one attached hydrogen (secondary N) is 3. The minimum absolute atomic E-state index is 0. The Morgan fingerprint density at radius 1 is 1.05 bits per heavy atom. The number of nitrogens with zero attached hydrogens (tertiary/aromatic N) is 2. The van der Waals surface area contributed by atoms with Gasteiger partial charge in [0.2, 0.25) is 0 Å². The lowest BCUT2D eigenvalue weighted by atomic mass is 10.00. The van der Waals surface area contributed by atoms with Crippen LogP contribution in [0.4, 0.5) is 0 Å². The third-order valence-corrected chi connectivity index (χ3v) is 6.66. The van der Waals surface area contributed by atoms with Gasteiger partial charge in [-0.05, 0) is 68.3 Å². The summed E-state index contributed by atoms with van der Waals surface area (Å²) in [4.78, 5) is 29.5. The van der Waals surface area contributed by atoms with Crippen molar-refractivity contribution in [3.8, 4) is 5.75 Å². The summed E-state index contributed by atoms with van der Waals surface area (Å²) in [6, 6.07) is 13.0. The number of hydrogen-bond donors (Lipinski definition) is 4. The van der Waals surface area contributed by atoms with Gasteiger partial charge in [0, 0.05) is 18.7 Å². The van der Waals surface area contributed by atoms with Crippen LogP contribution < -0.4 is 26.8 Å². The number of rotatable bonds is 9. The van der Waals surface area contributed by atoms with Gasteiger partial charge in [-0.1, -0.05) is 29.4 Å². The van der Waals surface area contributed by atoms with E-state index in [1.807, 2.05) is 19.1 Å². The molecule has 0 spiro atoms. The van der Waals surface area contributed by atoms with Crippen LogP contribution in [0.15, 0.2) is 59.4 Å². The molecule has 3 aromatic rings. The molecule has 5 rings (SSSR count). The predicted octanol–water partition coefficient (Wildman–Crippen LogP) is 3.53. The van der Waals surface area contributed by atoms with Crippen LogP contribution in [0.25, 0.3) is 0 Å². The number of ether oxygens (including phenoxy) is 1. The second-order valence-electron chi connectivity index (χ2n) is 9.52. The van der Waals surface area contributed by atoms with E-state index in [0.29, 0.717) is 17.4 Å². The Morgan fingerprint density at radius 3 is 2.49 bits per heavy atom. The topological polar surface area (TPSA) is 153 Å². The van der Waals surface area contributed by atoms with E-state index >= 15 is 0 Å². The molecule has 2 aromatic heterocycles. The van der Waals surface area contributed by atoms with Gasteiger partial charge < -0.3 is 31.4 Å². The normalized spacial score (nSPS) is 18.7. The SMILES string of the molecule is C[C@H](NC(=O)c1ccon1)[C@H](Oc1ccc(C(=O)N[C@H]2CCCNC2)nc1)c1ccc(C2CC2)cc1.N. The lowest BCUT2D eigenvalue weighted by Gasteiger charge is -2.26. The van der Waals surface area contributed by atoms with Crippen LogP contribution in [-0.2, 0) is 0 Å². The molecule has 1 aliphatic carbocycles. The number of benzene rings is 1. The Kier molecular flexibility index (Phi) is 8.52. The van der Waals surface area contributed by atoms with Crippen molar-refractivity contribution in [3.05, 3.63) is 77.4 Å². The van der Waals surface area contributed by atoms with Crippen molar-refractivity contribution in [3.63, 3.8) is 0 Å². The van der Waals surface area contributed by atoms with Gasteiger partial charge in [0.1, 0.15) is 23.8 Å². The molecule has 2 amide bonds. The fraction of sp³-hybridized carbons (Fsp3) is 0.407. The van der Waals surface area contributed by atoms with Crippen molar-refractivity contribution in [2.45, 2.75) is 56.7 Å². The van der Waals surface area contributed by atoms with Crippen molar-refractivity contribution >= 4 is 11.8 Å². The summed E-state index contributed by atoms with van der Waals surface area (Å²) in [5.41, 5.74) is 2.79. The maximum atomic E-state index is 12.6. The van der Waals surface area contributed by atoms with Crippen LogP contribution >= 0.6 is 0 Å². The lowest BCUT2D eigenvalue weighted by molar-refractivity contribution is 0.0870. The summed E-state index contributed by atoms with van der Waals surface area (Å²) in [5.74, 6) is 0.609. The van der Waals surface area contributed by atoms with Gasteiger partial charge in [0.25, 0.3) is 11.8 Å². The smallest absolute Gasteiger partial charge is 0.273 e. The van der Waals surface area contributed by atoms with Crippen LogP contribution in [-0.4, -0.2) is 47.1 Å². The van der Waals surface area contributed by atoms with E-state index in [2.05, 4.69) is 38.2 Å². The molecule has 0 bridgehead atoms. The summed E-state index contributed by atoms with van der Waals surface area (Å²) in [5, 5.41) is 13.0. The Morgan fingerprint density at radius 2 is 1.86 bits per heavy atom. The van der Waals surface area contributed by atoms with Crippen LogP contribution in [0, 0.1) is 0 Å². The molecule has 2 aliphatic rings. The number of pyridine rings is 1. The van der Waals surface area contributed by atoms with Gasteiger partial charge in [0.05, 0.1) is 12.2 Å². The molecule has 0 unspecified atom stereocenters. The third kappa shape index (κ3) is 6.72. The fourth-order valence-electron chi connectivity index (χ4n) is 4.48. The molecule has 37 heavy (non-hydrogen) atoms. The number of carbonyl (C=O) groups excluding carboxylic acids is 2. The lowest BCUT2D eigenvalue weighted by Crippen LogP contribution is -2.45. The van der Waals surface area contributed by atoms with E-state index in [-0.39, 0.29) is 35.7 Å². The second kappa shape index (κ2) is 12.0. The van der Waals surface area contributed by atoms with Gasteiger partial charge in [-0.15, -0.1) is 0 Å². The average Bonchev–Trinajstić information content (AvgIpc) is 3.61. The molecule has 1 saturated heterocycles. The van der Waals surface area contributed by atoms with Gasteiger partial charge in [-0.2, -0.15) is 0 Å². The summed E-state index contributed by atoms with van der Waals surface area (Å²) in [6.07, 6.45) is 6.88. The Bertz CT molecular complexity index is 1160. The molecule has 1 aliphatic heterocycles. The van der Waals surface area contributed by atoms with Gasteiger partial charge in [0.15, 0.2) is 5.69 Å². The molecule has 3 atom stereocenters. The van der Waals surface area contributed by atoms with Gasteiger partial charge in [-0.3, -0.25) is 9.59 Å². The van der Waals surface area contributed by atoms with Crippen molar-refractivity contribution in [2.75, 3.05) is 13.1 Å². The third-order valence-electron chi connectivity index (χ3n) is 6.66. The predicted molar refractivity (Wildman–Crippen MR) is 138 cm³/mol. The van der Waals surface area contributed by atoms with Crippen molar-refractivity contribution in [2.24, 2.45) is 0 Å². The fourth-order valence-corrected chi connectivity index (χ4v) is 4.48. The summed E-state index contributed by atoms with van der Waals surface area (Å²) < 4.78 is 11.1. The maximum Gasteiger partial charge on any atom is 0.273 e. The minimum Gasteiger partial charge on any atom is -0.482 e. The number of aromatic nitrogens is 2. The standard InChI is InChI=1S/C27H31N5O4.H3N/c1-17(30-27(34)24-12-14-35-32-24)25(20-8-6-19(7-9-20)18-4-5-18)36-22-10-11-23(29-16-22)26(33)31-21-3-2-13-28-15-21;/h6-12,14,16-18,21,25,28H,2-5,13,15H2,1H3,(H,30,34)(H,31,33);1H3/t17-,21-,25-;/m0./s1. The highest BCUT2D eigenvalue weighted by molar-refractivity contribution is 5.92.